The van der Waals surface area contributed by atoms with Gasteiger partial charge in [-0.1, -0.05) is 23.9 Å². The van der Waals surface area contributed by atoms with Crippen molar-refractivity contribution in [3.05, 3.63) is 29.8 Å². The molecular formula is C16H23N7O2S. The predicted octanol–water partition coefficient (Wildman–Crippen LogP) is 0.956. The molecule has 1 saturated heterocycles. The van der Waals surface area contributed by atoms with Gasteiger partial charge in [-0.2, -0.15) is 0 Å². The van der Waals surface area contributed by atoms with Gasteiger partial charge in [0.25, 0.3) is 0 Å². The molecule has 1 aliphatic heterocycles. The van der Waals surface area contributed by atoms with Crippen molar-refractivity contribution in [1.29, 1.82) is 0 Å². The standard InChI is InChI=1S/C16H23N7O2S/c1-22-16(19-20-21-22)26-11-6-17-15(24)18-14-4-2-13(3-5-14)12-23-7-9-25-10-8-23/h2-5H,6-12H2,1H3,(H2,17,18,24). The summed E-state index contributed by atoms with van der Waals surface area (Å²) in [4.78, 5) is 14.3. The number of hydrogen-bond donors (Lipinski definition) is 2. The number of morpholine rings is 1. The zero-order chi connectivity index (χ0) is 18.2. The second-order valence-corrected chi connectivity index (χ2v) is 6.96. The number of urea groups is 1. The molecule has 0 bridgehead atoms. The number of carbonyl (C=O) groups excluding carboxylic acids is 1. The Labute approximate surface area is 156 Å². The maximum absolute atomic E-state index is 11.9. The maximum Gasteiger partial charge on any atom is 0.319 e. The molecule has 1 fully saturated rings. The third kappa shape index (κ3) is 5.68. The van der Waals surface area contributed by atoms with E-state index in [0.29, 0.717) is 12.3 Å². The van der Waals surface area contributed by atoms with Gasteiger partial charge in [0.1, 0.15) is 0 Å². The first-order chi connectivity index (χ1) is 12.7. The van der Waals surface area contributed by atoms with E-state index < -0.39 is 0 Å². The zero-order valence-corrected chi connectivity index (χ0v) is 15.5. The van der Waals surface area contributed by atoms with Gasteiger partial charge in [0.05, 0.1) is 13.2 Å². The van der Waals surface area contributed by atoms with Crippen LogP contribution in [0.3, 0.4) is 0 Å². The molecule has 140 valence electrons. The van der Waals surface area contributed by atoms with Crippen LogP contribution in [-0.2, 0) is 18.3 Å². The highest BCUT2D eigenvalue weighted by atomic mass is 32.2. The quantitative estimate of drug-likeness (QED) is 0.548. The molecular weight excluding hydrogens is 354 g/mol. The van der Waals surface area contributed by atoms with Crippen LogP contribution in [0.5, 0.6) is 0 Å². The van der Waals surface area contributed by atoms with E-state index in [-0.39, 0.29) is 6.03 Å². The number of amides is 2. The molecule has 26 heavy (non-hydrogen) atoms. The third-order valence-electron chi connectivity index (χ3n) is 3.92. The lowest BCUT2D eigenvalue weighted by Gasteiger charge is -2.26. The number of nitrogens with one attached hydrogen (secondary N) is 2. The first-order valence-corrected chi connectivity index (χ1v) is 9.48. The molecule has 0 saturated carbocycles. The summed E-state index contributed by atoms with van der Waals surface area (Å²) in [5.41, 5.74) is 2.00. The van der Waals surface area contributed by atoms with Crippen molar-refractivity contribution in [2.45, 2.75) is 11.7 Å². The lowest BCUT2D eigenvalue weighted by atomic mass is 10.2. The molecule has 1 aromatic carbocycles. The summed E-state index contributed by atoms with van der Waals surface area (Å²) in [7, 11) is 1.78. The molecule has 2 amide bonds. The van der Waals surface area contributed by atoms with Gasteiger partial charge in [-0.15, -0.1) is 5.10 Å². The fourth-order valence-electron chi connectivity index (χ4n) is 2.54. The minimum absolute atomic E-state index is 0.220. The first kappa shape index (κ1) is 18.6. The monoisotopic (exact) mass is 377 g/mol. The number of hydrogen-bond acceptors (Lipinski definition) is 7. The number of carbonyl (C=O) groups is 1. The number of nitrogens with zero attached hydrogens (tertiary/aromatic N) is 5. The second kappa shape index (κ2) is 9.51. The molecule has 2 heterocycles. The van der Waals surface area contributed by atoms with E-state index in [9.17, 15) is 4.79 Å². The highest BCUT2D eigenvalue weighted by molar-refractivity contribution is 7.99. The van der Waals surface area contributed by atoms with Crippen LogP contribution >= 0.6 is 11.8 Å². The molecule has 0 atom stereocenters. The number of rotatable bonds is 7. The Bertz CT molecular complexity index is 701. The van der Waals surface area contributed by atoms with E-state index in [1.54, 1.807) is 11.7 Å². The highest BCUT2D eigenvalue weighted by Gasteiger charge is 2.10. The number of benzene rings is 1. The Balaban J connectivity index is 1.36. The molecule has 9 nitrogen and oxygen atoms in total. The number of aromatic nitrogens is 4. The van der Waals surface area contributed by atoms with Crippen molar-refractivity contribution in [3.63, 3.8) is 0 Å². The van der Waals surface area contributed by atoms with Crippen LogP contribution in [0.25, 0.3) is 0 Å². The fourth-order valence-corrected chi connectivity index (χ4v) is 3.24. The third-order valence-corrected chi connectivity index (χ3v) is 4.93. The van der Waals surface area contributed by atoms with E-state index in [4.69, 9.17) is 4.74 Å². The summed E-state index contributed by atoms with van der Waals surface area (Å²) in [5.74, 6) is 0.695. The van der Waals surface area contributed by atoms with E-state index in [1.807, 2.05) is 24.3 Å². The van der Waals surface area contributed by atoms with Crippen molar-refractivity contribution in [1.82, 2.24) is 30.4 Å². The van der Waals surface area contributed by atoms with Gasteiger partial charge in [-0.05, 0) is 28.1 Å². The molecule has 10 heteroatoms. The van der Waals surface area contributed by atoms with Crippen LogP contribution in [0.1, 0.15) is 5.56 Å². The molecule has 0 radical (unpaired) electrons. The summed E-state index contributed by atoms with van der Waals surface area (Å²) in [6.45, 7) is 4.95. The Hall–Kier alpha value is -2.17. The molecule has 0 unspecified atom stereocenters. The Morgan fingerprint density at radius 2 is 2.04 bits per heavy atom. The van der Waals surface area contributed by atoms with Crippen LogP contribution in [0.2, 0.25) is 0 Å². The van der Waals surface area contributed by atoms with E-state index in [0.717, 1.165) is 43.7 Å². The average molecular weight is 377 g/mol. The summed E-state index contributed by atoms with van der Waals surface area (Å²) < 4.78 is 6.96. The van der Waals surface area contributed by atoms with Gasteiger partial charge in [0.2, 0.25) is 5.16 Å². The summed E-state index contributed by atoms with van der Waals surface area (Å²) in [6.07, 6.45) is 0. The summed E-state index contributed by atoms with van der Waals surface area (Å²) in [5, 5.41) is 17.6. The number of ether oxygens (including phenoxy) is 1. The minimum atomic E-state index is -0.220. The molecule has 2 aromatic rings. The summed E-state index contributed by atoms with van der Waals surface area (Å²) >= 11 is 1.49. The predicted molar refractivity (Wildman–Crippen MR) is 99.1 cm³/mol. The van der Waals surface area contributed by atoms with Gasteiger partial charge in [-0.3, -0.25) is 4.90 Å². The molecule has 0 aliphatic carbocycles. The van der Waals surface area contributed by atoms with Crippen molar-refractivity contribution in [2.75, 3.05) is 43.9 Å². The second-order valence-electron chi connectivity index (χ2n) is 5.90. The van der Waals surface area contributed by atoms with Gasteiger partial charge in [-0.25, -0.2) is 9.48 Å². The van der Waals surface area contributed by atoms with Crippen LogP contribution in [0, 0.1) is 0 Å². The maximum atomic E-state index is 11.9. The van der Waals surface area contributed by atoms with E-state index >= 15 is 0 Å². The minimum Gasteiger partial charge on any atom is -0.379 e. The molecule has 3 rings (SSSR count). The molecule has 2 N–H and O–H groups in total. The van der Waals surface area contributed by atoms with E-state index in [1.165, 1.54) is 17.3 Å². The van der Waals surface area contributed by atoms with Crippen LogP contribution in [0.15, 0.2) is 29.4 Å². The number of aryl methyl sites for hydroxylation is 1. The summed E-state index contributed by atoms with van der Waals surface area (Å²) in [6, 6.07) is 7.72. The molecule has 0 spiro atoms. The number of thioether (sulfide) groups is 1. The van der Waals surface area contributed by atoms with Crippen molar-refractivity contribution >= 4 is 23.5 Å². The molecule has 1 aromatic heterocycles. The zero-order valence-electron chi connectivity index (χ0n) is 14.7. The van der Waals surface area contributed by atoms with Gasteiger partial charge < -0.3 is 15.4 Å². The SMILES string of the molecule is Cn1nnnc1SCCNC(=O)Nc1ccc(CN2CCOCC2)cc1. The lowest BCUT2D eigenvalue weighted by molar-refractivity contribution is 0.0342. The number of anilines is 1. The Morgan fingerprint density at radius 3 is 2.73 bits per heavy atom. The van der Waals surface area contributed by atoms with Crippen LogP contribution in [0.4, 0.5) is 10.5 Å². The lowest BCUT2D eigenvalue weighted by Crippen LogP contribution is -2.35. The normalized spacial score (nSPS) is 15.0. The largest absolute Gasteiger partial charge is 0.379 e. The smallest absolute Gasteiger partial charge is 0.319 e. The fraction of sp³-hybridized carbons (Fsp3) is 0.500. The number of tetrazole rings is 1. The molecule has 1 aliphatic rings. The average Bonchev–Trinajstić information content (AvgIpc) is 3.06. The Morgan fingerprint density at radius 1 is 1.27 bits per heavy atom. The van der Waals surface area contributed by atoms with E-state index in [2.05, 4.69) is 31.1 Å². The topological polar surface area (TPSA) is 97.2 Å². The van der Waals surface area contributed by atoms with Crippen molar-refractivity contribution in [2.24, 2.45) is 7.05 Å². The highest BCUT2D eigenvalue weighted by Crippen LogP contribution is 2.13. The first-order valence-electron chi connectivity index (χ1n) is 8.50. The van der Waals surface area contributed by atoms with Gasteiger partial charge in [0.15, 0.2) is 0 Å². The Kier molecular flexibility index (Phi) is 6.81. The van der Waals surface area contributed by atoms with Crippen LogP contribution in [-0.4, -0.2) is 69.7 Å². The van der Waals surface area contributed by atoms with Crippen molar-refractivity contribution < 1.29 is 9.53 Å². The van der Waals surface area contributed by atoms with Gasteiger partial charge in [0, 0.05) is 44.7 Å². The van der Waals surface area contributed by atoms with Crippen LogP contribution < -0.4 is 10.6 Å². The van der Waals surface area contributed by atoms with Gasteiger partial charge >= 0.3 is 6.03 Å². The van der Waals surface area contributed by atoms with Crippen molar-refractivity contribution in [3.8, 4) is 0 Å².